The van der Waals surface area contributed by atoms with Crippen molar-refractivity contribution < 1.29 is 13.5 Å². The molecule has 0 saturated heterocycles. The molecule has 0 amide bonds. The van der Waals surface area contributed by atoms with Crippen LogP contribution in [0.3, 0.4) is 0 Å². The lowest BCUT2D eigenvalue weighted by molar-refractivity contribution is 0.113. The van der Waals surface area contributed by atoms with Gasteiger partial charge in [-0.05, 0) is 22.8 Å². The van der Waals surface area contributed by atoms with E-state index < -0.39 is 15.6 Å². The lowest BCUT2D eigenvalue weighted by Crippen LogP contribution is -2.26. The quantitative estimate of drug-likeness (QED) is 0.837. The molecule has 5 nitrogen and oxygen atoms in total. The minimum atomic E-state index is -3.44. The standard InChI is InChI=1S/C18H18N2O3S/c1-24(22,23)20-19-16-12-17(14-8-4-2-5-9-14)18(21,13-16)15-10-6-3-7-11-15/h2-12,20-21H,13H2,1H3/b19-16+. The molecule has 1 aliphatic rings. The van der Waals surface area contributed by atoms with Crippen molar-refractivity contribution in [3.05, 3.63) is 77.9 Å². The maximum absolute atomic E-state index is 11.3. The molecule has 2 aromatic carbocycles. The molecular formula is C18H18N2O3S. The number of nitrogens with one attached hydrogen (secondary N) is 1. The van der Waals surface area contributed by atoms with Crippen molar-refractivity contribution in [2.75, 3.05) is 6.26 Å². The molecule has 0 aliphatic heterocycles. The summed E-state index contributed by atoms with van der Waals surface area (Å²) in [5.74, 6) is 0. The molecule has 0 bridgehead atoms. The van der Waals surface area contributed by atoms with Crippen LogP contribution in [0, 0.1) is 0 Å². The van der Waals surface area contributed by atoms with Crippen LogP contribution in [0.1, 0.15) is 17.5 Å². The number of nitrogens with zero attached hydrogens (tertiary/aromatic N) is 1. The van der Waals surface area contributed by atoms with Gasteiger partial charge in [0, 0.05) is 6.42 Å². The Hall–Kier alpha value is -2.44. The van der Waals surface area contributed by atoms with Gasteiger partial charge >= 0.3 is 0 Å². The molecule has 0 spiro atoms. The second-order valence-corrected chi connectivity index (χ2v) is 7.52. The van der Waals surface area contributed by atoms with Crippen molar-refractivity contribution in [1.29, 1.82) is 0 Å². The van der Waals surface area contributed by atoms with Crippen molar-refractivity contribution in [1.82, 2.24) is 4.83 Å². The number of sulfonamides is 1. The van der Waals surface area contributed by atoms with Crippen molar-refractivity contribution >= 4 is 21.3 Å². The van der Waals surface area contributed by atoms with Gasteiger partial charge in [-0.25, -0.2) is 13.2 Å². The second kappa shape index (κ2) is 6.22. The van der Waals surface area contributed by atoms with Crippen LogP contribution in [0.15, 0.2) is 71.8 Å². The highest BCUT2D eigenvalue weighted by atomic mass is 32.2. The number of allylic oxidation sites excluding steroid dienone is 1. The molecule has 0 radical (unpaired) electrons. The van der Waals surface area contributed by atoms with Gasteiger partial charge in [-0.3, -0.25) is 0 Å². The summed E-state index contributed by atoms with van der Waals surface area (Å²) >= 11 is 0. The minimum absolute atomic E-state index is 0.198. The summed E-state index contributed by atoms with van der Waals surface area (Å²) in [5, 5.41) is 15.3. The number of aliphatic hydroxyl groups is 1. The molecule has 1 aliphatic carbocycles. The second-order valence-electron chi connectivity index (χ2n) is 5.79. The predicted molar refractivity (Wildman–Crippen MR) is 94.8 cm³/mol. The van der Waals surface area contributed by atoms with E-state index in [0.717, 1.165) is 17.4 Å². The van der Waals surface area contributed by atoms with Crippen LogP contribution in [0.2, 0.25) is 0 Å². The predicted octanol–water partition coefficient (Wildman–Crippen LogP) is 2.27. The zero-order valence-electron chi connectivity index (χ0n) is 13.2. The number of benzene rings is 2. The molecule has 6 heteroatoms. The fourth-order valence-electron chi connectivity index (χ4n) is 2.82. The average Bonchev–Trinajstić information content (AvgIpc) is 2.92. The number of hydrogen-bond donors (Lipinski definition) is 2. The van der Waals surface area contributed by atoms with Crippen LogP contribution >= 0.6 is 0 Å². The average molecular weight is 342 g/mol. The van der Waals surface area contributed by atoms with Gasteiger partial charge in [-0.2, -0.15) is 5.10 Å². The molecule has 0 heterocycles. The summed E-state index contributed by atoms with van der Waals surface area (Å²) in [6, 6.07) is 18.8. The topological polar surface area (TPSA) is 78.8 Å². The molecular weight excluding hydrogens is 324 g/mol. The third kappa shape index (κ3) is 3.39. The third-order valence-electron chi connectivity index (χ3n) is 3.88. The number of rotatable bonds is 4. The highest BCUT2D eigenvalue weighted by Crippen LogP contribution is 2.43. The summed E-state index contributed by atoms with van der Waals surface area (Å²) in [4.78, 5) is 2.13. The Balaban J connectivity index is 2.07. The van der Waals surface area contributed by atoms with Crippen molar-refractivity contribution in [2.45, 2.75) is 12.0 Å². The Bertz CT molecular complexity index is 890. The first-order chi connectivity index (χ1) is 11.4. The van der Waals surface area contributed by atoms with E-state index in [0.29, 0.717) is 11.3 Å². The minimum Gasteiger partial charge on any atom is -0.380 e. The van der Waals surface area contributed by atoms with Crippen LogP contribution in [0.5, 0.6) is 0 Å². The Morgan fingerprint density at radius 1 is 1.04 bits per heavy atom. The highest BCUT2D eigenvalue weighted by Gasteiger charge is 2.40. The fourth-order valence-corrected chi connectivity index (χ4v) is 3.10. The van der Waals surface area contributed by atoms with E-state index in [-0.39, 0.29) is 6.42 Å². The van der Waals surface area contributed by atoms with Crippen LogP contribution in [0.25, 0.3) is 5.57 Å². The van der Waals surface area contributed by atoms with E-state index in [4.69, 9.17) is 0 Å². The van der Waals surface area contributed by atoms with Crippen LogP contribution < -0.4 is 4.83 Å². The normalized spacial score (nSPS) is 22.4. The van der Waals surface area contributed by atoms with Gasteiger partial charge in [0.1, 0.15) is 5.60 Å². The monoisotopic (exact) mass is 342 g/mol. The number of hydrogen-bond acceptors (Lipinski definition) is 4. The van der Waals surface area contributed by atoms with E-state index in [1.165, 1.54) is 0 Å². The Morgan fingerprint density at radius 3 is 2.21 bits per heavy atom. The third-order valence-corrected chi connectivity index (χ3v) is 4.31. The van der Waals surface area contributed by atoms with Crippen molar-refractivity contribution in [3.63, 3.8) is 0 Å². The lowest BCUT2D eigenvalue weighted by Gasteiger charge is -2.27. The first kappa shape index (κ1) is 16.4. The van der Waals surface area contributed by atoms with E-state index in [2.05, 4.69) is 9.93 Å². The van der Waals surface area contributed by atoms with E-state index in [1.54, 1.807) is 6.08 Å². The fraction of sp³-hybridized carbons (Fsp3) is 0.167. The molecule has 1 unspecified atom stereocenters. The van der Waals surface area contributed by atoms with E-state index >= 15 is 0 Å². The summed E-state index contributed by atoms with van der Waals surface area (Å²) in [6.07, 6.45) is 2.97. The van der Waals surface area contributed by atoms with E-state index in [1.807, 2.05) is 60.7 Å². The maximum Gasteiger partial charge on any atom is 0.244 e. The van der Waals surface area contributed by atoms with Gasteiger partial charge in [-0.15, -0.1) is 0 Å². The molecule has 1 atom stereocenters. The summed E-state index contributed by atoms with van der Waals surface area (Å²) in [7, 11) is -3.44. The largest absolute Gasteiger partial charge is 0.380 e. The summed E-state index contributed by atoms with van der Waals surface area (Å²) in [6.45, 7) is 0. The maximum atomic E-state index is 11.3. The van der Waals surface area contributed by atoms with Crippen LogP contribution in [0.4, 0.5) is 0 Å². The molecule has 3 rings (SSSR count). The molecule has 0 saturated carbocycles. The Labute approximate surface area is 141 Å². The van der Waals surface area contributed by atoms with Crippen molar-refractivity contribution in [2.24, 2.45) is 5.10 Å². The summed E-state index contributed by atoms with van der Waals surface area (Å²) in [5.41, 5.74) is 1.53. The van der Waals surface area contributed by atoms with Crippen LogP contribution in [-0.4, -0.2) is 25.5 Å². The smallest absolute Gasteiger partial charge is 0.244 e. The van der Waals surface area contributed by atoms with Gasteiger partial charge in [0.15, 0.2) is 0 Å². The highest BCUT2D eigenvalue weighted by molar-refractivity contribution is 7.88. The lowest BCUT2D eigenvalue weighted by atomic mass is 9.84. The molecule has 124 valence electrons. The SMILES string of the molecule is CS(=O)(=O)N/N=C1\C=C(c2ccccc2)C(O)(c2ccccc2)C1. The van der Waals surface area contributed by atoms with Gasteiger partial charge in [-0.1, -0.05) is 60.7 Å². The first-order valence-electron chi connectivity index (χ1n) is 7.47. The number of hydrazone groups is 1. The molecule has 0 aromatic heterocycles. The van der Waals surface area contributed by atoms with Gasteiger partial charge in [0.25, 0.3) is 0 Å². The first-order valence-corrected chi connectivity index (χ1v) is 9.36. The Kier molecular flexibility index (Phi) is 4.26. The van der Waals surface area contributed by atoms with Crippen LogP contribution in [-0.2, 0) is 15.6 Å². The Morgan fingerprint density at radius 2 is 1.62 bits per heavy atom. The van der Waals surface area contributed by atoms with Gasteiger partial charge in [0.2, 0.25) is 10.0 Å². The van der Waals surface area contributed by atoms with Crippen molar-refractivity contribution in [3.8, 4) is 0 Å². The zero-order chi connectivity index (χ0) is 17.2. The van der Waals surface area contributed by atoms with Gasteiger partial charge < -0.3 is 5.11 Å². The van der Waals surface area contributed by atoms with Gasteiger partial charge in [0.05, 0.1) is 12.0 Å². The zero-order valence-corrected chi connectivity index (χ0v) is 14.0. The molecule has 24 heavy (non-hydrogen) atoms. The summed E-state index contributed by atoms with van der Waals surface area (Å²) < 4.78 is 22.5. The molecule has 2 N–H and O–H groups in total. The molecule has 2 aromatic rings. The molecule has 0 fully saturated rings. The van der Waals surface area contributed by atoms with E-state index in [9.17, 15) is 13.5 Å².